The lowest BCUT2D eigenvalue weighted by Gasteiger charge is -2.33. The van der Waals surface area contributed by atoms with Crippen LogP contribution in [-0.4, -0.2) is 11.8 Å². The standard InChI is InChI=1S/C25H25N3O2.HI/c1-16-11-12-17(2)21(14-16)28-22(29)15-27-13-6-5-10-20(27)24(28)25(30)26-23-18(3)8-7-9-19(23)4;/h5-14,24H,15H2,1-4H3;1H. The smallest absolute Gasteiger partial charge is 0.294 e. The lowest BCUT2D eigenvalue weighted by molar-refractivity contribution is -0.695. The highest BCUT2D eigenvalue weighted by Gasteiger charge is 2.44. The number of fused-ring (bicyclic) bond motifs is 1. The maximum absolute atomic E-state index is 13.6. The molecule has 0 radical (unpaired) electrons. The number of hydrogen-bond donors (Lipinski definition) is 1. The molecule has 2 aromatic carbocycles. The van der Waals surface area contributed by atoms with Crippen LogP contribution < -0.4 is 38.8 Å². The number of aromatic nitrogens is 1. The minimum atomic E-state index is -0.757. The van der Waals surface area contributed by atoms with Crippen LogP contribution in [0.3, 0.4) is 0 Å². The average Bonchev–Trinajstić information content (AvgIpc) is 2.71. The van der Waals surface area contributed by atoms with Gasteiger partial charge in [0.2, 0.25) is 18.3 Å². The van der Waals surface area contributed by atoms with Gasteiger partial charge in [-0.15, -0.1) is 0 Å². The molecule has 1 aliphatic heterocycles. The third-order valence-electron chi connectivity index (χ3n) is 5.69. The van der Waals surface area contributed by atoms with Gasteiger partial charge in [-0.2, -0.15) is 4.57 Å². The van der Waals surface area contributed by atoms with Crippen molar-refractivity contribution in [1.29, 1.82) is 0 Å². The van der Waals surface area contributed by atoms with E-state index in [1.54, 1.807) is 4.90 Å². The van der Waals surface area contributed by atoms with Crippen molar-refractivity contribution in [1.82, 2.24) is 0 Å². The number of amides is 2. The van der Waals surface area contributed by atoms with Gasteiger partial charge in [-0.05, 0) is 56.0 Å². The minimum Gasteiger partial charge on any atom is -1.00 e. The number of aryl methyl sites for hydroxylation is 4. The Labute approximate surface area is 200 Å². The number of nitrogens with zero attached hydrogens (tertiary/aromatic N) is 2. The predicted molar refractivity (Wildman–Crippen MR) is 117 cm³/mol. The van der Waals surface area contributed by atoms with Crippen molar-refractivity contribution in [3.63, 3.8) is 0 Å². The monoisotopic (exact) mass is 527 g/mol. The van der Waals surface area contributed by atoms with Crippen LogP contribution in [0.25, 0.3) is 0 Å². The summed E-state index contributed by atoms with van der Waals surface area (Å²) in [5.74, 6) is -0.324. The summed E-state index contributed by atoms with van der Waals surface area (Å²) in [5.41, 5.74) is 6.35. The average molecular weight is 527 g/mol. The molecule has 6 heteroatoms. The number of anilines is 2. The lowest BCUT2D eigenvalue weighted by atomic mass is 10.0. The van der Waals surface area contributed by atoms with Gasteiger partial charge >= 0.3 is 0 Å². The fourth-order valence-electron chi connectivity index (χ4n) is 4.09. The van der Waals surface area contributed by atoms with Gasteiger partial charge in [0.05, 0.1) is 0 Å². The van der Waals surface area contributed by atoms with E-state index < -0.39 is 6.04 Å². The van der Waals surface area contributed by atoms with Crippen molar-refractivity contribution in [2.75, 3.05) is 10.2 Å². The van der Waals surface area contributed by atoms with E-state index >= 15 is 0 Å². The molecule has 0 bridgehead atoms. The van der Waals surface area contributed by atoms with Crippen LogP contribution in [0, 0.1) is 27.7 Å². The summed E-state index contributed by atoms with van der Waals surface area (Å²) < 4.78 is 1.86. The van der Waals surface area contributed by atoms with Gasteiger partial charge < -0.3 is 29.3 Å². The summed E-state index contributed by atoms with van der Waals surface area (Å²) in [5, 5.41) is 3.10. The van der Waals surface area contributed by atoms with E-state index in [9.17, 15) is 9.59 Å². The molecule has 0 fully saturated rings. The van der Waals surface area contributed by atoms with Crippen molar-refractivity contribution in [2.45, 2.75) is 40.3 Å². The summed E-state index contributed by atoms with van der Waals surface area (Å²) in [6.45, 7) is 8.11. The highest BCUT2D eigenvalue weighted by Crippen LogP contribution is 2.33. The van der Waals surface area contributed by atoms with E-state index in [-0.39, 0.29) is 42.3 Å². The minimum absolute atomic E-state index is 0. The summed E-state index contributed by atoms with van der Waals surface area (Å²) in [4.78, 5) is 28.5. The Bertz CT molecular complexity index is 1140. The SMILES string of the molecule is Cc1ccc(C)c(N2C(=O)C[n+]3ccccc3C2C(=O)Nc2c(C)cccc2C)c1.[I-]. The lowest BCUT2D eigenvalue weighted by Crippen LogP contribution is -3.00. The van der Waals surface area contributed by atoms with E-state index in [2.05, 4.69) is 5.32 Å². The summed E-state index contributed by atoms with van der Waals surface area (Å²) in [6.07, 6.45) is 1.85. The maximum atomic E-state index is 13.6. The first kappa shape index (κ1) is 22.9. The van der Waals surface area contributed by atoms with Crippen LogP contribution in [-0.2, 0) is 16.1 Å². The van der Waals surface area contributed by atoms with Gasteiger partial charge in [0.1, 0.15) is 0 Å². The second kappa shape index (κ2) is 9.18. The number of halogens is 1. The zero-order valence-corrected chi connectivity index (χ0v) is 20.3. The summed E-state index contributed by atoms with van der Waals surface area (Å²) in [7, 11) is 0. The van der Waals surface area contributed by atoms with Crippen molar-refractivity contribution in [3.05, 3.63) is 88.7 Å². The topological polar surface area (TPSA) is 53.3 Å². The Balaban J connectivity index is 0.00000272. The molecule has 4 rings (SSSR count). The summed E-state index contributed by atoms with van der Waals surface area (Å²) in [6, 6.07) is 16.8. The largest absolute Gasteiger partial charge is 1.00 e. The molecule has 160 valence electrons. The van der Waals surface area contributed by atoms with Gasteiger partial charge in [0.25, 0.3) is 11.8 Å². The zero-order chi connectivity index (χ0) is 21.4. The number of benzene rings is 2. The van der Waals surface area contributed by atoms with Crippen LogP contribution in [0.1, 0.15) is 34.0 Å². The van der Waals surface area contributed by atoms with Gasteiger partial charge in [-0.3, -0.25) is 14.5 Å². The Kier molecular flexibility index (Phi) is 6.79. The quantitative estimate of drug-likeness (QED) is 0.408. The number of pyridine rings is 1. The van der Waals surface area contributed by atoms with E-state index in [4.69, 9.17) is 0 Å². The van der Waals surface area contributed by atoms with Crippen LogP contribution >= 0.6 is 0 Å². The van der Waals surface area contributed by atoms with Crippen LogP contribution in [0.15, 0.2) is 60.8 Å². The van der Waals surface area contributed by atoms with Crippen LogP contribution in [0.2, 0.25) is 0 Å². The van der Waals surface area contributed by atoms with E-state index in [0.29, 0.717) is 0 Å². The molecule has 1 unspecified atom stereocenters. The van der Waals surface area contributed by atoms with Crippen molar-refractivity contribution < 1.29 is 38.1 Å². The second-order valence-electron chi connectivity index (χ2n) is 7.97. The molecule has 0 saturated heterocycles. The first-order valence-electron chi connectivity index (χ1n) is 10.1. The van der Waals surface area contributed by atoms with Gasteiger partial charge in [0.15, 0.2) is 6.20 Å². The molecule has 3 aromatic rings. The molecule has 1 aliphatic rings. The number of nitrogens with one attached hydrogen (secondary N) is 1. The Morgan fingerprint density at radius 2 is 1.68 bits per heavy atom. The number of hydrogen-bond acceptors (Lipinski definition) is 2. The normalized spacial score (nSPS) is 15.2. The summed E-state index contributed by atoms with van der Waals surface area (Å²) >= 11 is 0. The van der Waals surface area contributed by atoms with Crippen molar-refractivity contribution in [2.24, 2.45) is 0 Å². The zero-order valence-electron chi connectivity index (χ0n) is 18.1. The third kappa shape index (κ3) is 4.35. The molecule has 0 saturated carbocycles. The fourth-order valence-corrected chi connectivity index (χ4v) is 4.09. The molecule has 5 nitrogen and oxygen atoms in total. The van der Waals surface area contributed by atoms with E-state index in [1.165, 1.54) is 0 Å². The highest BCUT2D eigenvalue weighted by molar-refractivity contribution is 6.06. The Morgan fingerprint density at radius 1 is 0.968 bits per heavy atom. The Morgan fingerprint density at radius 3 is 2.39 bits per heavy atom. The second-order valence-corrected chi connectivity index (χ2v) is 7.97. The third-order valence-corrected chi connectivity index (χ3v) is 5.69. The molecule has 2 heterocycles. The molecule has 1 N–H and O–H groups in total. The molecule has 1 aromatic heterocycles. The number of rotatable bonds is 3. The Hall–Kier alpha value is -2.74. The predicted octanol–water partition coefficient (Wildman–Crippen LogP) is 0.938. The first-order valence-corrected chi connectivity index (χ1v) is 10.1. The molecule has 2 amide bonds. The molecule has 31 heavy (non-hydrogen) atoms. The van der Waals surface area contributed by atoms with Crippen molar-refractivity contribution in [3.8, 4) is 0 Å². The number of para-hydroxylation sites is 1. The van der Waals surface area contributed by atoms with Crippen molar-refractivity contribution >= 4 is 23.2 Å². The van der Waals surface area contributed by atoms with E-state index in [0.717, 1.165) is 39.3 Å². The van der Waals surface area contributed by atoms with Crippen LogP contribution in [0.4, 0.5) is 11.4 Å². The molecule has 0 aliphatic carbocycles. The molecular weight excluding hydrogens is 501 g/mol. The van der Waals surface area contributed by atoms with Gasteiger partial charge in [0, 0.05) is 23.5 Å². The maximum Gasteiger partial charge on any atom is 0.294 e. The first-order chi connectivity index (χ1) is 14.4. The highest BCUT2D eigenvalue weighted by atomic mass is 127. The molecule has 0 spiro atoms. The van der Waals surface area contributed by atoms with Gasteiger partial charge in [-0.25, -0.2) is 0 Å². The number of carbonyl (C=O) groups excluding carboxylic acids is 2. The molecular formula is C25H26IN3O2. The van der Waals surface area contributed by atoms with Gasteiger partial charge in [-0.1, -0.05) is 36.4 Å². The number of carbonyl (C=O) groups is 2. The van der Waals surface area contributed by atoms with E-state index in [1.807, 2.05) is 93.1 Å². The molecule has 1 atom stereocenters. The fraction of sp³-hybridized carbons (Fsp3) is 0.240. The van der Waals surface area contributed by atoms with Crippen LogP contribution in [0.5, 0.6) is 0 Å².